The summed E-state index contributed by atoms with van der Waals surface area (Å²) in [4.78, 5) is 2.29. The van der Waals surface area contributed by atoms with Crippen LogP contribution in [0.15, 0.2) is 16.6 Å². The first-order valence-corrected chi connectivity index (χ1v) is 7.01. The van der Waals surface area contributed by atoms with E-state index in [1.165, 1.54) is 5.56 Å². The van der Waals surface area contributed by atoms with Gasteiger partial charge in [0.15, 0.2) is 11.5 Å². The smallest absolute Gasteiger partial charge is 0.175 e. The maximum atomic E-state index is 6.20. The number of nitrogens with zero attached hydrogens (tertiary/aromatic N) is 1. The van der Waals surface area contributed by atoms with Crippen molar-refractivity contribution in [1.82, 2.24) is 4.90 Å². The van der Waals surface area contributed by atoms with E-state index >= 15 is 0 Å². The molecule has 0 bridgehead atoms. The highest BCUT2D eigenvalue weighted by Gasteiger charge is 2.31. The van der Waals surface area contributed by atoms with Crippen LogP contribution >= 0.6 is 15.9 Å². The van der Waals surface area contributed by atoms with Crippen LogP contribution in [0.25, 0.3) is 0 Å². The van der Waals surface area contributed by atoms with Crippen LogP contribution in [0, 0.1) is 0 Å². The van der Waals surface area contributed by atoms with E-state index in [9.17, 15) is 0 Å². The lowest BCUT2D eigenvalue weighted by Gasteiger charge is -2.26. The van der Waals surface area contributed by atoms with Gasteiger partial charge < -0.3 is 15.2 Å². The number of likely N-dealkylation sites (tertiary alicyclic amines) is 1. The van der Waals surface area contributed by atoms with E-state index in [0.717, 1.165) is 28.9 Å². The van der Waals surface area contributed by atoms with Crippen molar-refractivity contribution >= 4 is 15.9 Å². The lowest BCUT2D eigenvalue weighted by molar-refractivity contribution is 0.169. The summed E-state index contributed by atoms with van der Waals surface area (Å²) in [6, 6.07) is 4.60. The molecule has 1 saturated heterocycles. The molecule has 2 N–H and O–H groups in total. The number of likely N-dealkylation sites (N-methyl/N-ethyl adjacent to an activating group) is 1. The van der Waals surface area contributed by atoms with Crippen LogP contribution in [0.4, 0.5) is 0 Å². The predicted octanol–water partition coefficient (Wildman–Crippen LogP) is 1.92. The van der Waals surface area contributed by atoms with Crippen LogP contribution in [0.5, 0.6) is 11.5 Å². The van der Waals surface area contributed by atoms with Crippen molar-refractivity contribution < 1.29 is 9.47 Å². The Balaban J connectivity index is 2.00. The van der Waals surface area contributed by atoms with E-state index in [1.807, 2.05) is 0 Å². The second kappa shape index (κ2) is 4.72. The fraction of sp³-hybridized carbons (Fsp3) is 0.538. The SMILES string of the molecule is CN1CCC(N)C1c1cc(Br)c2c(c1)OCCO2. The molecule has 2 aliphatic rings. The van der Waals surface area contributed by atoms with E-state index in [-0.39, 0.29) is 12.1 Å². The quantitative estimate of drug-likeness (QED) is 0.860. The van der Waals surface area contributed by atoms with E-state index in [4.69, 9.17) is 15.2 Å². The van der Waals surface area contributed by atoms with Crippen molar-refractivity contribution in [2.45, 2.75) is 18.5 Å². The summed E-state index contributed by atoms with van der Waals surface area (Å²) in [5.74, 6) is 1.62. The third-order valence-corrected chi connectivity index (χ3v) is 4.25. The van der Waals surface area contributed by atoms with Crippen LogP contribution in [0.2, 0.25) is 0 Å². The van der Waals surface area contributed by atoms with Crippen LogP contribution in [-0.4, -0.2) is 37.7 Å². The lowest BCUT2D eigenvalue weighted by atomic mass is 10.0. The van der Waals surface area contributed by atoms with Gasteiger partial charge in [0.2, 0.25) is 0 Å². The highest BCUT2D eigenvalue weighted by atomic mass is 79.9. The second-order valence-electron chi connectivity index (χ2n) is 4.90. The van der Waals surface area contributed by atoms with Crippen molar-refractivity contribution in [2.75, 3.05) is 26.8 Å². The zero-order valence-corrected chi connectivity index (χ0v) is 11.9. The Labute approximate surface area is 115 Å². The minimum absolute atomic E-state index is 0.185. The van der Waals surface area contributed by atoms with Crippen LogP contribution in [0.3, 0.4) is 0 Å². The largest absolute Gasteiger partial charge is 0.486 e. The predicted molar refractivity (Wildman–Crippen MR) is 73.1 cm³/mol. The Morgan fingerprint density at radius 2 is 2.11 bits per heavy atom. The first-order chi connectivity index (χ1) is 8.66. The summed E-state index contributed by atoms with van der Waals surface area (Å²) in [5, 5.41) is 0. The Hall–Kier alpha value is -0.780. The Bertz CT molecular complexity index is 457. The van der Waals surface area contributed by atoms with Crippen molar-refractivity contribution in [3.05, 3.63) is 22.2 Å². The van der Waals surface area contributed by atoms with Gasteiger partial charge in [0.25, 0.3) is 0 Å². The summed E-state index contributed by atoms with van der Waals surface area (Å²) in [6.45, 7) is 2.25. The van der Waals surface area contributed by atoms with Crippen LogP contribution in [-0.2, 0) is 0 Å². The normalized spacial score (nSPS) is 27.5. The van der Waals surface area contributed by atoms with E-state index in [0.29, 0.717) is 13.2 Å². The molecule has 0 aromatic heterocycles. The van der Waals surface area contributed by atoms with Crippen molar-refractivity contribution in [3.8, 4) is 11.5 Å². The molecule has 4 nitrogen and oxygen atoms in total. The van der Waals surface area contributed by atoms with Gasteiger partial charge in [-0.25, -0.2) is 0 Å². The Kier molecular flexibility index (Phi) is 3.21. The minimum Gasteiger partial charge on any atom is -0.486 e. The van der Waals surface area contributed by atoms with Crippen LogP contribution in [0.1, 0.15) is 18.0 Å². The number of fused-ring (bicyclic) bond motifs is 1. The molecule has 1 fully saturated rings. The summed E-state index contributed by atoms with van der Waals surface area (Å²) < 4.78 is 12.2. The first-order valence-electron chi connectivity index (χ1n) is 6.21. The molecule has 5 heteroatoms. The monoisotopic (exact) mass is 312 g/mol. The van der Waals surface area contributed by atoms with Crippen molar-refractivity contribution in [2.24, 2.45) is 5.73 Å². The topological polar surface area (TPSA) is 47.7 Å². The highest BCUT2D eigenvalue weighted by Crippen LogP contribution is 2.42. The van der Waals surface area contributed by atoms with Crippen LogP contribution < -0.4 is 15.2 Å². The summed E-state index contributed by atoms with van der Waals surface area (Å²) >= 11 is 3.56. The third-order valence-electron chi connectivity index (χ3n) is 3.66. The minimum atomic E-state index is 0.185. The number of nitrogens with two attached hydrogens (primary N) is 1. The van der Waals surface area contributed by atoms with Crippen molar-refractivity contribution in [3.63, 3.8) is 0 Å². The molecule has 0 saturated carbocycles. The number of halogens is 1. The number of hydrogen-bond acceptors (Lipinski definition) is 4. The zero-order chi connectivity index (χ0) is 12.7. The maximum absolute atomic E-state index is 6.20. The van der Waals surface area contributed by atoms with Gasteiger partial charge in [0.1, 0.15) is 13.2 Å². The van der Waals surface area contributed by atoms with Gasteiger partial charge in [-0.1, -0.05) is 0 Å². The van der Waals surface area contributed by atoms with Gasteiger partial charge in [0.05, 0.1) is 4.47 Å². The van der Waals surface area contributed by atoms with E-state index < -0.39 is 0 Å². The van der Waals surface area contributed by atoms with Gasteiger partial charge in [-0.05, 0) is 47.1 Å². The van der Waals surface area contributed by atoms with E-state index in [1.54, 1.807) is 0 Å². The molecule has 0 aliphatic carbocycles. The summed E-state index contributed by atoms with van der Waals surface area (Å²) in [7, 11) is 2.11. The van der Waals surface area contributed by atoms with Gasteiger partial charge in [-0.15, -0.1) is 0 Å². The molecular formula is C13H17BrN2O2. The van der Waals surface area contributed by atoms with Gasteiger partial charge >= 0.3 is 0 Å². The molecule has 2 heterocycles. The van der Waals surface area contributed by atoms with Gasteiger partial charge in [-0.3, -0.25) is 4.90 Å². The molecule has 98 valence electrons. The molecule has 1 aromatic carbocycles. The number of rotatable bonds is 1. The average molecular weight is 313 g/mol. The Morgan fingerprint density at radius 1 is 1.33 bits per heavy atom. The Morgan fingerprint density at radius 3 is 2.83 bits per heavy atom. The first kappa shape index (κ1) is 12.3. The third kappa shape index (κ3) is 2.00. The highest BCUT2D eigenvalue weighted by molar-refractivity contribution is 9.10. The molecule has 2 atom stereocenters. The number of benzene rings is 1. The molecule has 18 heavy (non-hydrogen) atoms. The molecule has 2 aliphatic heterocycles. The average Bonchev–Trinajstić information content (AvgIpc) is 2.69. The maximum Gasteiger partial charge on any atom is 0.175 e. The molecule has 2 unspecified atom stereocenters. The fourth-order valence-electron chi connectivity index (χ4n) is 2.78. The van der Waals surface area contributed by atoms with Crippen molar-refractivity contribution in [1.29, 1.82) is 0 Å². The molecule has 0 radical (unpaired) electrons. The lowest BCUT2D eigenvalue weighted by Crippen LogP contribution is -2.29. The summed E-state index contributed by atoms with van der Waals surface area (Å²) in [5.41, 5.74) is 7.39. The summed E-state index contributed by atoms with van der Waals surface area (Å²) in [6.07, 6.45) is 1.03. The fourth-order valence-corrected chi connectivity index (χ4v) is 3.35. The zero-order valence-electron chi connectivity index (χ0n) is 10.4. The standard InChI is InChI=1S/C13H17BrN2O2/c1-16-3-2-10(15)12(16)8-6-9(14)13-11(7-8)17-4-5-18-13/h6-7,10,12H,2-5,15H2,1H3. The molecule has 0 amide bonds. The molecule has 0 spiro atoms. The van der Waals surface area contributed by atoms with Gasteiger partial charge in [0, 0.05) is 18.6 Å². The molecule has 1 aromatic rings. The number of hydrogen-bond donors (Lipinski definition) is 1. The van der Waals surface area contributed by atoms with E-state index in [2.05, 4.69) is 40.0 Å². The number of ether oxygens (including phenoxy) is 2. The second-order valence-corrected chi connectivity index (χ2v) is 5.76. The molecule has 3 rings (SSSR count). The molecular weight excluding hydrogens is 296 g/mol. The van der Waals surface area contributed by atoms with Gasteiger partial charge in [-0.2, -0.15) is 0 Å².